The Hall–Kier alpha value is -1.94. The molecule has 0 fully saturated rings. The van der Waals surface area contributed by atoms with Crippen LogP contribution in [0.25, 0.3) is 0 Å². The first-order valence-electron chi connectivity index (χ1n) is 7.54. The number of hydrogen-bond donors (Lipinski definition) is 2. The molecular weight excluding hydrogens is 434 g/mol. The largest absolute Gasteiger partial charge is 0.362 e. The van der Waals surface area contributed by atoms with Crippen LogP contribution >= 0.6 is 34.5 Å². The van der Waals surface area contributed by atoms with Crippen LogP contribution in [-0.2, 0) is 10.0 Å². The van der Waals surface area contributed by atoms with Gasteiger partial charge in [-0.2, -0.15) is 0 Å². The SMILES string of the molecule is CC(Nc1ncc(Cl)cc1S(=O)(=O)Nc1cscn1)c1cc(Cl)ccc1F. The molecule has 0 aliphatic carbocycles. The normalized spacial score (nSPS) is 12.6. The zero-order valence-corrected chi connectivity index (χ0v) is 16.9. The quantitative estimate of drug-likeness (QED) is 0.558. The molecule has 0 aliphatic rings. The van der Waals surface area contributed by atoms with Gasteiger partial charge < -0.3 is 5.32 Å². The van der Waals surface area contributed by atoms with Gasteiger partial charge in [-0.15, -0.1) is 11.3 Å². The Morgan fingerprint density at radius 3 is 2.67 bits per heavy atom. The third-order valence-corrected chi connectivity index (χ3v) is 5.95. The molecule has 3 rings (SSSR count). The summed E-state index contributed by atoms with van der Waals surface area (Å²) >= 11 is 13.1. The molecule has 0 radical (unpaired) electrons. The van der Waals surface area contributed by atoms with Crippen molar-refractivity contribution in [2.45, 2.75) is 17.9 Å². The van der Waals surface area contributed by atoms with Crippen LogP contribution in [0.2, 0.25) is 10.0 Å². The number of nitrogens with zero attached hydrogens (tertiary/aromatic N) is 2. The van der Waals surface area contributed by atoms with E-state index >= 15 is 0 Å². The summed E-state index contributed by atoms with van der Waals surface area (Å²) in [5.41, 5.74) is 1.77. The van der Waals surface area contributed by atoms with E-state index in [1.165, 1.54) is 47.3 Å². The molecule has 2 N–H and O–H groups in total. The van der Waals surface area contributed by atoms with Crippen LogP contribution < -0.4 is 10.0 Å². The lowest BCUT2D eigenvalue weighted by molar-refractivity contribution is 0.598. The molecule has 1 unspecified atom stereocenters. The van der Waals surface area contributed by atoms with Crippen molar-refractivity contribution in [1.29, 1.82) is 0 Å². The molecule has 11 heteroatoms. The Labute approximate surface area is 169 Å². The summed E-state index contributed by atoms with van der Waals surface area (Å²) in [6.07, 6.45) is 1.30. The minimum absolute atomic E-state index is 0.0222. The van der Waals surface area contributed by atoms with Crippen molar-refractivity contribution in [1.82, 2.24) is 9.97 Å². The zero-order chi connectivity index (χ0) is 19.6. The highest BCUT2D eigenvalue weighted by atomic mass is 35.5. The average Bonchev–Trinajstić information content (AvgIpc) is 3.10. The van der Waals surface area contributed by atoms with E-state index in [9.17, 15) is 12.8 Å². The number of halogens is 3. The first-order chi connectivity index (χ1) is 12.8. The third-order valence-electron chi connectivity index (χ3n) is 3.56. The van der Waals surface area contributed by atoms with Gasteiger partial charge >= 0.3 is 0 Å². The topological polar surface area (TPSA) is 84.0 Å². The second-order valence-electron chi connectivity index (χ2n) is 5.51. The number of benzene rings is 1. The van der Waals surface area contributed by atoms with Gasteiger partial charge in [-0.25, -0.2) is 22.8 Å². The number of sulfonamides is 1. The van der Waals surface area contributed by atoms with Gasteiger partial charge in [-0.3, -0.25) is 4.72 Å². The molecule has 0 aliphatic heterocycles. The Kier molecular flexibility index (Phi) is 5.85. The maximum absolute atomic E-state index is 14.1. The molecule has 1 atom stereocenters. The Morgan fingerprint density at radius 2 is 1.96 bits per heavy atom. The first kappa shape index (κ1) is 19.8. The molecule has 27 heavy (non-hydrogen) atoms. The van der Waals surface area contributed by atoms with E-state index in [-0.39, 0.29) is 27.1 Å². The fourth-order valence-corrected chi connectivity index (χ4v) is 4.43. The Balaban J connectivity index is 1.95. The van der Waals surface area contributed by atoms with E-state index in [0.717, 1.165) is 0 Å². The molecule has 0 spiro atoms. The number of rotatable bonds is 6. The smallest absolute Gasteiger partial charge is 0.266 e. The fourth-order valence-electron chi connectivity index (χ4n) is 2.32. The predicted octanol–water partition coefficient (Wildman–Crippen LogP) is 4.96. The van der Waals surface area contributed by atoms with Crippen LogP contribution in [0, 0.1) is 5.82 Å². The lowest BCUT2D eigenvalue weighted by Crippen LogP contribution is -2.18. The minimum atomic E-state index is -4.02. The minimum Gasteiger partial charge on any atom is -0.362 e. The Morgan fingerprint density at radius 1 is 1.19 bits per heavy atom. The van der Waals surface area contributed by atoms with Gasteiger partial charge in [0.2, 0.25) is 0 Å². The van der Waals surface area contributed by atoms with Gasteiger partial charge in [0.15, 0.2) is 5.82 Å². The second kappa shape index (κ2) is 7.97. The highest BCUT2D eigenvalue weighted by Crippen LogP contribution is 2.29. The van der Waals surface area contributed by atoms with Crippen molar-refractivity contribution in [3.63, 3.8) is 0 Å². The first-order valence-corrected chi connectivity index (χ1v) is 10.7. The summed E-state index contributed by atoms with van der Waals surface area (Å²) in [6.45, 7) is 1.66. The standard InChI is InChI=1S/C16H13Cl2FN4O2S2/c1-9(12-4-10(17)2-3-13(12)19)22-16-14(5-11(18)6-20-16)27(24,25)23-15-7-26-8-21-15/h2-9,23H,1H3,(H,20,22). The predicted molar refractivity (Wildman–Crippen MR) is 106 cm³/mol. The molecule has 0 saturated heterocycles. The van der Waals surface area contributed by atoms with Crippen LogP contribution in [0.4, 0.5) is 16.0 Å². The van der Waals surface area contributed by atoms with Crippen LogP contribution in [0.1, 0.15) is 18.5 Å². The summed E-state index contributed by atoms with van der Waals surface area (Å²) < 4.78 is 41.9. The van der Waals surface area contributed by atoms with E-state index in [0.29, 0.717) is 5.02 Å². The molecule has 0 bridgehead atoms. The average molecular weight is 447 g/mol. The maximum atomic E-state index is 14.1. The fraction of sp³-hybridized carbons (Fsp3) is 0.125. The summed E-state index contributed by atoms with van der Waals surface area (Å²) in [7, 11) is -4.02. The summed E-state index contributed by atoms with van der Waals surface area (Å²) in [5, 5.41) is 4.95. The number of aromatic nitrogens is 2. The van der Waals surface area contributed by atoms with Crippen LogP contribution in [0.3, 0.4) is 0 Å². The van der Waals surface area contributed by atoms with Gasteiger partial charge in [-0.1, -0.05) is 23.2 Å². The van der Waals surface area contributed by atoms with Crippen molar-refractivity contribution in [3.05, 3.63) is 62.8 Å². The highest BCUT2D eigenvalue weighted by Gasteiger charge is 2.23. The van der Waals surface area contributed by atoms with Crippen molar-refractivity contribution in [3.8, 4) is 0 Å². The molecule has 142 valence electrons. The van der Waals surface area contributed by atoms with E-state index in [1.807, 2.05) is 0 Å². The summed E-state index contributed by atoms with van der Waals surface area (Å²) in [4.78, 5) is 7.77. The van der Waals surface area contributed by atoms with Crippen molar-refractivity contribution >= 4 is 56.2 Å². The van der Waals surface area contributed by atoms with Crippen LogP contribution in [-0.4, -0.2) is 18.4 Å². The second-order valence-corrected chi connectivity index (χ2v) is 8.75. The highest BCUT2D eigenvalue weighted by molar-refractivity contribution is 7.92. The number of nitrogens with one attached hydrogen (secondary N) is 2. The number of pyridine rings is 1. The molecule has 0 amide bonds. The van der Waals surface area contributed by atoms with Gasteiger partial charge in [0.25, 0.3) is 10.0 Å². The van der Waals surface area contributed by atoms with E-state index in [2.05, 4.69) is 20.0 Å². The van der Waals surface area contributed by atoms with Crippen molar-refractivity contribution in [2.75, 3.05) is 10.0 Å². The maximum Gasteiger partial charge on any atom is 0.266 e. The lowest BCUT2D eigenvalue weighted by atomic mass is 10.1. The number of hydrogen-bond acceptors (Lipinski definition) is 6. The van der Waals surface area contributed by atoms with Gasteiger partial charge in [0.05, 0.1) is 16.6 Å². The molecule has 6 nitrogen and oxygen atoms in total. The summed E-state index contributed by atoms with van der Waals surface area (Å²) in [5.74, 6) is -0.271. The zero-order valence-electron chi connectivity index (χ0n) is 13.8. The summed E-state index contributed by atoms with van der Waals surface area (Å²) in [6, 6.07) is 4.79. The van der Waals surface area contributed by atoms with E-state index < -0.39 is 21.9 Å². The molecule has 1 aromatic carbocycles. The monoisotopic (exact) mass is 446 g/mol. The van der Waals surface area contributed by atoms with Crippen LogP contribution in [0.15, 0.2) is 46.2 Å². The lowest BCUT2D eigenvalue weighted by Gasteiger charge is -2.18. The molecule has 2 aromatic heterocycles. The molecule has 2 heterocycles. The van der Waals surface area contributed by atoms with E-state index in [1.54, 1.807) is 12.3 Å². The van der Waals surface area contributed by atoms with Crippen molar-refractivity contribution < 1.29 is 12.8 Å². The van der Waals surface area contributed by atoms with Crippen LogP contribution in [0.5, 0.6) is 0 Å². The molecule has 3 aromatic rings. The third kappa shape index (κ3) is 4.67. The molecular formula is C16H13Cl2FN4O2S2. The number of thiazole rings is 1. The molecule has 0 saturated carbocycles. The number of anilines is 2. The van der Waals surface area contributed by atoms with Gasteiger partial charge in [-0.05, 0) is 31.2 Å². The van der Waals surface area contributed by atoms with Gasteiger partial charge in [0, 0.05) is 22.2 Å². The Bertz CT molecular complexity index is 1060. The van der Waals surface area contributed by atoms with Crippen molar-refractivity contribution in [2.24, 2.45) is 0 Å². The van der Waals surface area contributed by atoms with E-state index in [4.69, 9.17) is 23.2 Å². The van der Waals surface area contributed by atoms with Gasteiger partial charge in [0.1, 0.15) is 16.5 Å².